The Labute approximate surface area is 418 Å². The molecule has 4 fully saturated rings. The predicted octanol–water partition coefficient (Wildman–Crippen LogP) is 17.5. The molecule has 0 atom stereocenters. The molecule has 0 aromatic heterocycles. The fourth-order valence-corrected chi connectivity index (χ4v) is 15.8. The number of benzene rings is 10. The summed E-state index contributed by atoms with van der Waals surface area (Å²) in [4.78, 5) is 2.56. The number of nitrogens with zero attached hydrogens (tertiary/aromatic N) is 1. The van der Waals surface area contributed by atoms with E-state index in [2.05, 4.69) is 248 Å². The van der Waals surface area contributed by atoms with Crippen LogP contribution in [0.25, 0.3) is 33.0 Å². The maximum atomic E-state index is 2.58. The number of rotatable bonds is 8. The molecule has 6 aliphatic rings. The highest BCUT2D eigenvalue weighted by molar-refractivity contribution is 5.94. The minimum Gasteiger partial charge on any atom is -0.310 e. The summed E-state index contributed by atoms with van der Waals surface area (Å²) in [7, 11) is 0. The third kappa shape index (κ3) is 5.93. The normalized spacial score (nSPS) is 21.3. The van der Waals surface area contributed by atoms with Gasteiger partial charge in [0.05, 0.1) is 10.8 Å². The van der Waals surface area contributed by atoms with Crippen molar-refractivity contribution in [3.05, 3.63) is 293 Å². The van der Waals surface area contributed by atoms with Gasteiger partial charge in [-0.1, -0.05) is 206 Å². The molecule has 0 N–H and O–H groups in total. The van der Waals surface area contributed by atoms with Crippen molar-refractivity contribution in [2.75, 3.05) is 4.90 Å². The van der Waals surface area contributed by atoms with Gasteiger partial charge in [-0.05, 0) is 181 Å². The molecule has 4 saturated carbocycles. The summed E-state index contributed by atoms with van der Waals surface area (Å²) in [5, 5.41) is 2.63. The molecule has 6 aliphatic carbocycles. The van der Waals surface area contributed by atoms with Gasteiger partial charge in [0.1, 0.15) is 0 Å². The number of hydrogen-bond acceptors (Lipinski definition) is 1. The molecular weight excluding hydrogens is 855 g/mol. The highest BCUT2D eigenvalue weighted by atomic mass is 15.1. The number of hydrogen-bond donors (Lipinski definition) is 0. The molecule has 10 aromatic rings. The van der Waals surface area contributed by atoms with E-state index in [0.717, 1.165) is 34.8 Å². The Morgan fingerprint density at radius 3 is 1.08 bits per heavy atom. The number of fused-ring (bicyclic) bond motifs is 7. The summed E-state index contributed by atoms with van der Waals surface area (Å²) >= 11 is 0. The second-order valence-corrected chi connectivity index (χ2v) is 21.8. The molecule has 0 heterocycles. The predicted molar refractivity (Wildman–Crippen MR) is 293 cm³/mol. The van der Waals surface area contributed by atoms with E-state index >= 15 is 0 Å². The van der Waals surface area contributed by atoms with Gasteiger partial charge in [-0.25, -0.2) is 0 Å². The van der Waals surface area contributed by atoms with Crippen molar-refractivity contribution in [3.8, 4) is 22.3 Å². The Morgan fingerprint density at radius 2 is 0.634 bits per heavy atom. The van der Waals surface area contributed by atoms with Gasteiger partial charge in [-0.2, -0.15) is 0 Å². The van der Waals surface area contributed by atoms with Crippen LogP contribution in [-0.2, 0) is 16.2 Å². The molecule has 0 amide bonds. The molecule has 71 heavy (non-hydrogen) atoms. The zero-order valence-electron chi connectivity index (χ0n) is 40.0. The van der Waals surface area contributed by atoms with Gasteiger partial charge in [0.25, 0.3) is 0 Å². The zero-order chi connectivity index (χ0) is 46.7. The van der Waals surface area contributed by atoms with Crippen molar-refractivity contribution in [1.82, 2.24) is 0 Å². The Balaban J connectivity index is 0.968. The lowest BCUT2D eigenvalue weighted by molar-refractivity contribution is -0.00513. The molecule has 4 bridgehead atoms. The first-order valence-electron chi connectivity index (χ1n) is 26.2. The van der Waals surface area contributed by atoms with E-state index in [1.54, 1.807) is 5.56 Å². The molecule has 0 spiro atoms. The Kier molecular flexibility index (Phi) is 9.04. The summed E-state index contributed by atoms with van der Waals surface area (Å²) < 4.78 is 0. The monoisotopic (exact) mass is 909 g/mol. The van der Waals surface area contributed by atoms with E-state index in [0.29, 0.717) is 5.41 Å². The van der Waals surface area contributed by atoms with Crippen molar-refractivity contribution in [3.63, 3.8) is 0 Å². The summed E-state index contributed by atoms with van der Waals surface area (Å²) in [6.45, 7) is 0. The molecule has 10 aromatic carbocycles. The molecule has 0 unspecified atom stereocenters. The average molecular weight is 910 g/mol. The SMILES string of the molecule is c1ccc(C2(c3ccccc3)c3ccccc3-c3ccc(N(c4ccc5c(c4)C(c4ccccc4)(c4ccccc4)c4ccccc4-5)c4ccc5cc(C67CC8CC(CC(C8)C6)C7)ccc5c4)cc32)cc1. The van der Waals surface area contributed by atoms with Crippen LogP contribution in [0.5, 0.6) is 0 Å². The van der Waals surface area contributed by atoms with Crippen LogP contribution in [0.4, 0.5) is 17.1 Å². The van der Waals surface area contributed by atoms with Crippen molar-refractivity contribution in [1.29, 1.82) is 0 Å². The van der Waals surface area contributed by atoms with Crippen LogP contribution >= 0.6 is 0 Å². The molecule has 1 nitrogen and oxygen atoms in total. The standard InChI is InChI=1S/C70H55N/c1-5-17-52(18-6-1)69(53-19-7-2-8-20-53)64-27-15-13-25-60(64)62-35-33-58(42-66(62)69)71(57-32-30-50-40-56(31-29-51(50)41-57)68-44-47-37-48(45-68)39-49(38-47)46-68)59-34-36-63-61-26-14-16-28-65(61)70(67(63)43-59,54-21-9-3-10-22-54)55-23-11-4-12-24-55/h1-36,40-43,47-49H,37-39,44-46H2. The maximum absolute atomic E-state index is 2.58. The van der Waals surface area contributed by atoms with E-state index in [-0.39, 0.29) is 0 Å². The van der Waals surface area contributed by atoms with E-state index in [1.807, 2.05) is 0 Å². The molecule has 0 aliphatic heterocycles. The first kappa shape index (κ1) is 41.1. The fraction of sp³-hybridized carbons (Fsp3) is 0.171. The number of anilines is 3. The topological polar surface area (TPSA) is 3.24 Å². The summed E-state index contributed by atoms with van der Waals surface area (Å²) in [6, 6.07) is 92.5. The third-order valence-electron chi connectivity index (χ3n) is 18.1. The van der Waals surface area contributed by atoms with Crippen LogP contribution in [0, 0.1) is 17.8 Å². The van der Waals surface area contributed by atoms with Crippen molar-refractivity contribution < 1.29 is 0 Å². The highest BCUT2D eigenvalue weighted by Gasteiger charge is 2.52. The van der Waals surface area contributed by atoms with E-state index in [9.17, 15) is 0 Å². The second-order valence-electron chi connectivity index (χ2n) is 21.8. The molecular formula is C70H55N. The summed E-state index contributed by atoms with van der Waals surface area (Å²) in [5.74, 6) is 2.74. The van der Waals surface area contributed by atoms with Crippen LogP contribution in [0.3, 0.4) is 0 Å². The van der Waals surface area contributed by atoms with Gasteiger partial charge in [-0.3, -0.25) is 0 Å². The average Bonchev–Trinajstić information content (AvgIpc) is 3.89. The zero-order valence-corrected chi connectivity index (χ0v) is 40.0. The minimum absolute atomic E-state index is 0.353. The molecule has 16 rings (SSSR count). The van der Waals surface area contributed by atoms with Crippen molar-refractivity contribution >= 4 is 27.8 Å². The first-order valence-corrected chi connectivity index (χ1v) is 26.2. The van der Waals surface area contributed by atoms with E-state index in [4.69, 9.17) is 0 Å². The summed E-state index contributed by atoms with van der Waals surface area (Å²) in [6.07, 6.45) is 8.52. The van der Waals surface area contributed by atoms with Crippen LogP contribution < -0.4 is 4.90 Å². The minimum atomic E-state index is -0.525. The lowest BCUT2D eigenvalue weighted by Crippen LogP contribution is -2.48. The Bertz CT molecular complexity index is 3390. The van der Waals surface area contributed by atoms with Gasteiger partial charge in [0, 0.05) is 17.1 Å². The fourth-order valence-electron chi connectivity index (χ4n) is 15.8. The molecule has 340 valence electrons. The van der Waals surface area contributed by atoms with Gasteiger partial charge in [0.15, 0.2) is 0 Å². The Hall–Kier alpha value is -7.74. The van der Waals surface area contributed by atoms with Gasteiger partial charge < -0.3 is 4.90 Å². The quantitative estimate of drug-likeness (QED) is 0.147. The van der Waals surface area contributed by atoms with Crippen LogP contribution in [0.2, 0.25) is 0 Å². The van der Waals surface area contributed by atoms with Crippen LogP contribution in [0.15, 0.2) is 243 Å². The van der Waals surface area contributed by atoms with Crippen molar-refractivity contribution in [2.24, 2.45) is 17.8 Å². The van der Waals surface area contributed by atoms with E-state index < -0.39 is 10.8 Å². The smallest absolute Gasteiger partial charge is 0.0714 e. The van der Waals surface area contributed by atoms with Crippen molar-refractivity contribution in [2.45, 2.75) is 54.8 Å². The molecule has 0 saturated heterocycles. The van der Waals surface area contributed by atoms with Gasteiger partial charge >= 0.3 is 0 Å². The van der Waals surface area contributed by atoms with Gasteiger partial charge in [0.2, 0.25) is 0 Å². The first-order chi connectivity index (χ1) is 35.1. The third-order valence-corrected chi connectivity index (χ3v) is 18.1. The van der Waals surface area contributed by atoms with Gasteiger partial charge in [-0.15, -0.1) is 0 Å². The molecule has 0 radical (unpaired) electrons. The summed E-state index contributed by atoms with van der Waals surface area (Å²) in [5.41, 5.74) is 19.8. The highest BCUT2D eigenvalue weighted by Crippen LogP contribution is 2.62. The largest absolute Gasteiger partial charge is 0.310 e. The van der Waals surface area contributed by atoms with Crippen LogP contribution in [0.1, 0.15) is 88.6 Å². The van der Waals surface area contributed by atoms with E-state index in [1.165, 1.54) is 116 Å². The Morgan fingerprint density at radius 1 is 0.282 bits per heavy atom. The van der Waals surface area contributed by atoms with Crippen LogP contribution in [-0.4, -0.2) is 0 Å². The lowest BCUT2D eigenvalue weighted by atomic mass is 9.48. The second kappa shape index (κ2) is 15.6. The maximum Gasteiger partial charge on any atom is 0.0714 e. The molecule has 1 heteroatoms. The lowest BCUT2D eigenvalue weighted by Gasteiger charge is -2.57.